The Morgan fingerprint density at radius 2 is 0.732 bits per heavy atom. The highest BCUT2D eigenvalue weighted by atomic mass is 15.3. The van der Waals surface area contributed by atoms with Crippen LogP contribution in [0.15, 0.2) is 0 Å². The van der Waals surface area contributed by atoms with E-state index in [-0.39, 0.29) is 0 Å². The number of hydrogen-bond acceptors (Lipinski definition) is 3. The molecule has 1 N–H and O–H groups in total. The first kappa shape index (κ1) is 38.8. The molecule has 8 aliphatic carbocycles. The molecular formula is C53H89N3. The van der Waals surface area contributed by atoms with Crippen molar-refractivity contribution in [2.45, 2.75) is 248 Å². The van der Waals surface area contributed by atoms with Crippen LogP contribution < -0.4 is 5.32 Å². The monoisotopic (exact) mass is 768 g/mol. The van der Waals surface area contributed by atoms with Gasteiger partial charge in [-0.25, -0.2) is 0 Å². The molecule has 8 saturated carbocycles. The largest absolute Gasteiger partial charge is 0.317 e. The highest BCUT2D eigenvalue weighted by Crippen LogP contribution is 2.59. The third-order valence-corrected chi connectivity index (χ3v) is 21.6. The van der Waals surface area contributed by atoms with E-state index in [1.807, 2.05) is 0 Å². The van der Waals surface area contributed by atoms with Crippen LogP contribution >= 0.6 is 0 Å². The van der Waals surface area contributed by atoms with Crippen LogP contribution in [0.4, 0.5) is 0 Å². The van der Waals surface area contributed by atoms with Crippen LogP contribution in [0.2, 0.25) is 0 Å². The van der Waals surface area contributed by atoms with E-state index in [1.54, 1.807) is 148 Å². The van der Waals surface area contributed by atoms with Gasteiger partial charge in [0.25, 0.3) is 0 Å². The first-order chi connectivity index (χ1) is 27.8. The van der Waals surface area contributed by atoms with Crippen molar-refractivity contribution in [2.24, 2.45) is 71.0 Å². The summed E-state index contributed by atoms with van der Waals surface area (Å²) in [6, 6.07) is 5.70. The minimum Gasteiger partial charge on any atom is -0.317 e. The molecule has 11 rings (SSSR count). The van der Waals surface area contributed by atoms with Crippen molar-refractivity contribution >= 4 is 0 Å². The molecule has 0 radical (unpaired) electrons. The van der Waals surface area contributed by atoms with Crippen LogP contribution in [-0.2, 0) is 0 Å². The number of fused-ring (bicyclic) bond motifs is 6. The average molecular weight is 768 g/mol. The quantitative estimate of drug-likeness (QED) is 0.290. The molecule has 0 aromatic carbocycles. The average Bonchev–Trinajstić information content (AvgIpc) is 3.79. The molecule has 3 saturated heterocycles. The summed E-state index contributed by atoms with van der Waals surface area (Å²) in [4.78, 5) is 6.83. The third-order valence-electron chi connectivity index (χ3n) is 21.6. The number of nitrogens with zero attached hydrogens (tertiary/aromatic N) is 2. The first-order valence-electron chi connectivity index (χ1n) is 27.0. The molecule has 316 valence electrons. The lowest BCUT2D eigenvalue weighted by molar-refractivity contribution is -0.0106. The van der Waals surface area contributed by atoms with Crippen LogP contribution in [0.3, 0.4) is 0 Å². The molecule has 3 nitrogen and oxygen atoms in total. The zero-order valence-electron chi connectivity index (χ0n) is 36.5. The van der Waals surface area contributed by atoms with Crippen molar-refractivity contribution in [1.29, 1.82) is 0 Å². The summed E-state index contributed by atoms with van der Waals surface area (Å²) in [5, 5.41) is 3.75. The Balaban J connectivity index is 0.813. The molecule has 11 fully saturated rings. The molecule has 3 heterocycles. The highest BCUT2D eigenvalue weighted by molar-refractivity contribution is 5.11. The van der Waals surface area contributed by atoms with Gasteiger partial charge in [0.15, 0.2) is 0 Å². The zero-order valence-corrected chi connectivity index (χ0v) is 36.5. The molecular weight excluding hydrogens is 679 g/mol. The number of likely N-dealkylation sites (tertiary alicyclic amines) is 2. The summed E-state index contributed by atoms with van der Waals surface area (Å²) in [5.41, 5.74) is 0. The van der Waals surface area contributed by atoms with Crippen LogP contribution in [0.5, 0.6) is 0 Å². The molecule has 0 aromatic rings. The summed E-state index contributed by atoms with van der Waals surface area (Å²) in [6.07, 6.45) is 51.5. The number of hydrogen-bond donors (Lipinski definition) is 1. The zero-order chi connectivity index (χ0) is 37.0. The number of rotatable bonds is 6. The lowest BCUT2D eigenvalue weighted by atomic mass is 9.62. The summed E-state index contributed by atoms with van der Waals surface area (Å²) >= 11 is 0. The summed E-state index contributed by atoms with van der Waals surface area (Å²) in [7, 11) is 0. The number of piperidine rings is 1. The van der Waals surface area contributed by atoms with Crippen molar-refractivity contribution < 1.29 is 0 Å². The van der Waals surface area contributed by atoms with E-state index in [0.717, 1.165) is 107 Å². The lowest BCUT2D eigenvalue weighted by Crippen LogP contribution is -2.52. The fraction of sp³-hybridized carbons (Fsp3) is 1.00. The van der Waals surface area contributed by atoms with E-state index < -0.39 is 0 Å². The van der Waals surface area contributed by atoms with Crippen LogP contribution in [0.25, 0.3) is 0 Å². The summed E-state index contributed by atoms with van der Waals surface area (Å²) < 4.78 is 0. The Labute approximate surface area is 346 Å². The Morgan fingerprint density at radius 1 is 0.250 bits per heavy atom. The summed E-state index contributed by atoms with van der Waals surface area (Å²) in [5.74, 6) is 12.6. The predicted octanol–water partition coefficient (Wildman–Crippen LogP) is 12.8. The van der Waals surface area contributed by atoms with E-state index in [0.29, 0.717) is 0 Å². The van der Waals surface area contributed by atoms with Crippen LogP contribution in [-0.4, -0.2) is 59.1 Å². The first-order valence-corrected chi connectivity index (χ1v) is 27.0. The standard InChI is InChI=1S/C53H89N3/c1-3-12-36(13-4-1)39-16-11-17-44(31-39)55-51-21-10-8-19-47(51)49-34-40(23-25-52(49)55)41-22-24-48-46-18-7-9-20-50(46)56(53(48)35-41)45-32-42(37-14-5-2-6-15-37)30-43(33-45)38-26-28-54-29-27-38/h36-54H,1-35H2. The molecule has 0 bridgehead atoms. The second kappa shape index (κ2) is 17.3. The van der Waals surface area contributed by atoms with Gasteiger partial charge in [-0.1, -0.05) is 103 Å². The maximum absolute atomic E-state index is 3.75. The Hall–Kier alpha value is -0.120. The Morgan fingerprint density at radius 3 is 1.45 bits per heavy atom. The summed E-state index contributed by atoms with van der Waals surface area (Å²) in [6.45, 7) is 2.59. The fourth-order valence-electron chi connectivity index (χ4n) is 19.4. The van der Waals surface area contributed by atoms with Gasteiger partial charge < -0.3 is 5.32 Å². The molecule has 3 heteroatoms. The van der Waals surface area contributed by atoms with Gasteiger partial charge in [-0.3, -0.25) is 9.80 Å². The highest BCUT2D eigenvalue weighted by Gasteiger charge is 2.58. The van der Waals surface area contributed by atoms with Gasteiger partial charge in [-0.2, -0.15) is 0 Å². The van der Waals surface area contributed by atoms with Gasteiger partial charge in [-0.05, 0) is 193 Å². The lowest BCUT2D eigenvalue weighted by Gasteiger charge is -2.51. The van der Waals surface area contributed by atoms with E-state index in [1.165, 1.54) is 77.3 Å². The molecule has 11 aliphatic rings. The molecule has 0 amide bonds. The van der Waals surface area contributed by atoms with Crippen LogP contribution in [0.1, 0.15) is 212 Å². The maximum Gasteiger partial charge on any atom is 0.0135 e. The van der Waals surface area contributed by atoms with Crippen molar-refractivity contribution in [3.63, 3.8) is 0 Å². The molecule has 0 spiro atoms. The van der Waals surface area contributed by atoms with E-state index in [9.17, 15) is 0 Å². The third kappa shape index (κ3) is 7.48. The maximum atomic E-state index is 3.75. The van der Waals surface area contributed by atoms with E-state index >= 15 is 0 Å². The number of nitrogens with one attached hydrogen (secondary N) is 1. The molecule has 15 unspecified atom stereocenters. The topological polar surface area (TPSA) is 18.5 Å². The molecule has 15 atom stereocenters. The van der Waals surface area contributed by atoms with Crippen molar-refractivity contribution in [3.8, 4) is 0 Å². The van der Waals surface area contributed by atoms with E-state index in [4.69, 9.17) is 0 Å². The Kier molecular flexibility index (Phi) is 12.0. The normalized spacial score (nSPS) is 49.2. The minimum absolute atomic E-state index is 0.921. The smallest absolute Gasteiger partial charge is 0.0135 e. The SMILES string of the molecule is C1CCC(C2CCCC(N3C4CCCCC4C4CC(C5CCC6C7CCCCC7N(C7CC(C8CCCCC8)CC(C8CCNCC8)C7)C6C5)CCC43)C2)CC1. The predicted molar refractivity (Wildman–Crippen MR) is 234 cm³/mol. The van der Waals surface area contributed by atoms with Crippen LogP contribution in [0, 0.1) is 71.0 Å². The molecule has 56 heavy (non-hydrogen) atoms. The van der Waals surface area contributed by atoms with E-state index in [2.05, 4.69) is 15.1 Å². The van der Waals surface area contributed by atoms with Crippen molar-refractivity contribution in [3.05, 3.63) is 0 Å². The second-order valence-corrected chi connectivity index (χ2v) is 23.9. The van der Waals surface area contributed by atoms with Gasteiger partial charge in [0.05, 0.1) is 0 Å². The van der Waals surface area contributed by atoms with Gasteiger partial charge in [0.1, 0.15) is 0 Å². The molecule has 3 aliphatic heterocycles. The van der Waals surface area contributed by atoms with Gasteiger partial charge in [-0.15, -0.1) is 0 Å². The molecule has 0 aromatic heterocycles. The minimum atomic E-state index is 0.921. The van der Waals surface area contributed by atoms with Gasteiger partial charge >= 0.3 is 0 Å². The Bertz CT molecular complexity index is 1240. The van der Waals surface area contributed by atoms with Crippen molar-refractivity contribution in [2.75, 3.05) is 13.1 Å². The fourth-order valence-corrected chi connectivity index (χ4v) is 19.4. The second-order valence-electron chi connectivity index (χ2n) is 23.9. The van der Waals surface area contributed by atoms with Gasteiger partial charge in [0, 0.05) is 36.3 Å². The van der Waals surface area contributed by atoms with Crippen molar-refractivity contribution in [1.82, 2.24) is 15.1 Å². The van der Waals surface area contributed by atoms with Gasteiger partial charge in [0.2, 0.25) is 0 Å².